The SMILES string of the molecule is Cc1c(C)n(C/C=C/Cl)c2ccc(C(=O)O)cc12. The second-order valence-corrected chi connectivity index (χ2v) is 4.47. The highest BCUT2D eigenvalue weighted by Gasteiger charge is 2.12. The minimum Gasteiger partial charge on any atom is -0.478 e. The molecule has 1 aromatic heterocycles. The van der Waals surface area contributed by atoms with Crippen molar-refractivity contribution in [2.24, 2.45) is 0 Å². The molecule has 0 saturated carbocycles. The van der Waals surface area contributed by atoms with Crippen LogP contribution in [0.3, 0.4) is 0 Å². The summed E-state index contributed by atoms with van der Waals surface area (Å²) in [7, 11) is 0. The first-order valence-electron chi connectivity index (χ1n) is 5.64. The summed E-state index contributed by atoms with van der Waals surface area (Å²) < 4.78 is 2.12. The summed E-state index contributed by atoms with van der Waals surface area (Å²) in [4.78, 5) is 11.0. The lowest BCUT2D eigenvalue weighted by Crippen LogP contribution is -1.98. The standard InChI is InChI=1S/C14H14ClNO2/c1-9-10(2)16(7-3-6-15)13-5-4-11(14(17)18)8-12(9)13/h3-6,8H,7H2,1-2H3,(H,17,18)/b6-3+. The molecule has 0 aliphatic heterocycles. The van der Waals surface area contributed by atoms with Crippen LogP contribution in [0.4, 0.5) is 0 Å². The average Bonchev–Trinajstić information content (AvgIpc) is 2.60. The fraction of sp³-hybridized carbons (Fsp3) is 0.214. The zero-order valence-corrected chi connectivity index (χ0v) is 11.0. The molecule has 0 bridgehead atoms. The molecule has 4 heteroatoms. The van der Waals surface area contributed by atoms with Crippen molar-refractivity contribution < 1.29 is 9.90 Å². The maximum atomic E-state index is 11.0. The summed E-state index contributed by atoms with van der Waals surface area (Å²) >= 11 is 5.56. The first kappa shape index (κ1) is 12.7. The van der Waals surface area contributed by atoms with Gasteiger partial charge in [-0.1, -0.05) is 17.7 Å². The van der Waals surface area contributed by atoms with Crippen LogP contribution in [-0.4, -0.2) is 15.6 Å². The van der Waals surface area contributed by atoms with E-state index < -0.39 is 5.97 Å². The smallest absolute Gasteiger partial charge is 0.335 e. The van der Waals surface area contributed by atoms with Crippen LogP contribution >= 0.6 is 11.6 Å². The van der Waals surface area contributed by atoms with E-state index in [2.05, 4.69) is 4.57 Å². The number of hydrogen-bond acceptors (Lipinski definition) is 1. The van der Waals surface area contributed by atoms with Crippen molar-refractivity contribution in [3.63, 3.8) is 0 Å². The summed E-state index contributed by atoms with van der Waals surface area (Å²) in [6, 6.07) is 5.20. The number of aryl methyl sites for hydroxylation is 1. The van der Waals surface area contributed by atoms with Crippen LogP contribution < -0.4 is 0 Å². The number of carboxylic acid groups (broad SMARTS) is 1. The Kier molecular flexibility index (Phi) is 3.43. The van der Waals surface area contributed by atoms with Gasteiger partial charge < -0.3 is 9.67 Å². The Morgan fingerprint density at radius 2 is 2.17 bits per heavy atom. The minimum atomic E-state index is -0.901. The third-order valence-electron chi connectivity index (χ3n) is 3.26. The summed E-state index contributed by atoms with van der Waals surface area (Å²) in [6.45, 7) is 4.72. The van der Waals surface area contributed by atoms with Gasteiger partial charge in [0.1, 0.15) is 0 Å². The summed E-state index contributed by atoms with van der Waals surface area (Å²) in [5, 5.41) is 10.00. The highest BCUT2D eigenvalue weighted by atomic mass is 35.5. The Hall–Kier alpha value is -1.74. The van der Waals surface area contributed by atoms with Gasteiger partial charge in [-0.05, 0) is 37.6 Å². The van der Waals surface area contributed by atoms with Crippen molar-refractivity contribution in [2.45, 2.75) is 20.4 Å². The van der Waals surface area contributed by atoms with Crippen LogP contribution in [-0.2, 0) is 6.54 Å². The summed E-state index contributed by atoms with van der Waals surface area (Å²) in [6.07, 6.45) is 1.86. The molecule has 0 amide bonds. The molecule has 18 heavy (non-hydrogen) atoms. The van der Waals surface area contributed by atoms with Crippen molar-refractivity contribution in [1.29, 1.82) is 0 Å². The zero-order chi connectivity index (χ0) is 13.3. The Morgan fingerprint density at radius 3 is 2.78 bits per heavy atom. The molecule has 0 radical (unpaired) electrons. The lowest BCUT2D eigenvalue weighted by atomic mass is 10.1. The fourth-order valence-electron chi connectivity index (χ4n) is 2.16. The normalized spacial score (nSPS) is 11.5. The van der Waals surface area contributed by atoms with Crippen molar-refractivity contribution in [1.82, 2.24) is 4.57 Å². The van der Waals surface area contributed by atoms with Crippen molar-refractivity contribution in [3.8, 4) is 0 Å². The van der Waals surface area contributed by atoms with Gasteiger partial charge in [-0.3, -0.25) is 0 Å². The number of aromatic carboxylic acids is 1. The molecular weight excluding hydrogens is 250 g/mol. The Bertz CT molecular complexity index is 641. The van der Waals surface area contributed by atoms with Gasteiger partial charge in [0.05, 0.1) is 5.56 Å². The van der Waals surface area contributed by atoms with Crippen LogP contribution in [0.15, 0.2) is 29.8 Å². The first-order chi connectivity index (χ1) is 8.56. The number of rotatable bonds is 3. The van der Waals surface area contributed by atoms with Gasteiger partial charge in [0.15, 0.2) is 0 Å². The van der Waals surface area contributed by atoms with Gasteiger partial charge in [0, 0.05) is 28.7 Å². The number of nitrogens with zero attached hydrogens (tertiary/aromatic N) is 1. The van der Waals surface area contributed by atoms with Crippen molar-refractivity contribution in [2.75, 3.05) is 0 Å². The fourth-order valence-corrected chi connectivity index (χ4v) is 2.24. The monoisotopic (exact) mass is 263 g/mol. The van der Waals surface area contributed by atoms with Crippen LogP contribution in [0.25, 0.3) is 10.9 Å². The van der Waals surface area contributed by atoms with Gasteiger partial charge in [0.25, 0.3) is 0 Å². The van der Waals surface area contributed by atoms with E-state index in [-0.39, 0.29) is 0 Å². The van der Waals surface area contributed by atoms with Crippen molar-refractivity contribution >= 4 is 28.5 Å². The van der Waals surface area contributed by atoms with E-state index in [1.165, 1.54) is 5.54 Å². The highest BCUT2D eigenvalue weighted by molar-refractivity contribution is 6.25. The van der Waals surface area contributed by atoms with Crippen molar-refractivity contribution in [3.05, 3.63) is 46.6 Å². The van der Waals surface area contributed by atoms with E-state index in [0.29, 0.717) is 12.1 Å². The quantitative estimate of drug-likeness (QED) is 0.917. The molecule has 0 aliphatic rings. The van der Waals surface area contributed by atoms with Gasteiger partial charge in [0.2, 0.25) is 0 Å². The van der Waals surface area contributed by atoms with Gasteiger partial charge in [-0.2, -0.15) is 0 Å². The number of benzene rings is 1. The summed E-state index contributed by atoms with van der Waals surface area (Å²) in [5.41, 5.74) is 5.07. The number of halogens is 1. The van der Waals surface area contributed by atoms with E-state index in [1.54, 1.807) is 12.1 Å². The topological polar surface area (TPSA) is 42.2 Å². The summed E-state index contributed by atoms with van der Waals surface area (Å²) in [5.74, 6) is -0.901. The van der Waals surface area contributed by atoms with Crippen LogP contribution in [0.5, 0.6) is 0 Å². The minimum absolute atomic E-state index is 0.315. The molecule has 0 spiro atoms. The van der Waals surface area contributed by atoms with Crippen LogP contribution in [0.2, 0.25) is 0 Å². The van der Waals surface area contributed by atoms with E-state index in [9.17, 15) is 4.79 Å². The average molecular weight is 264 g/mol. The van der Waals surface area contributed by atoms with E-state index in [4.69, 9.17) is 16.7 Å². The number of fused-ring (bicyclic) bond motifs is 1. The maximum absolute atomic E-state index is 11.0. The van der Waals surface area contributed by atoms with E-state index >= 15 is 0 Å². The molecule has 1 heterocycles. The third kappa shape index (κ3) is 2.02. The molecule has 0 saturated heterocycles. The van der Waals surface area contributed by atoms with E-state index in [1.807, 2.05) is 26.0 Å². The zero-order valence-electron chi connectivity index (χ0n) is 10.3. The highest BCUT2D eigenvalue weighted by Crippen LogP contribution is 2.26. The lowest BCUT2D eigenvalue weighted by molar-refractivity contribution is 0.0697. The largest absolute Gasteiger partial charge is 0.478 e. The molecule has 0 atom stereocenters. The molecule has 0 aliphatic carbocycles. The molecule has 1 aromatic carbocycles. The van der Waals surface area contributed by atoms with Gasteiger partial charge in [-0.15, -0.1) is 0 Å². The predicted octanol–water partition coefficient (Wildman–Crippen LogP) is 3.71. The molecule has 2 rings (SSSR count). The van der Waals surface area contributed by atoms with E-state index in [0.717, 1.165) is 22.2 Å². The Balaban J connectivity index is 2.67. The number of carbonyl (C=O) groups is 1. The molecule has 94 valence electrons. The Labute approximate surface area is 110 Å². The van der Waals surface area contributed by atoms with Gasteiger partial charge >= 0.3 is 5.97 Å². The predicted molar refractivity (Wildman–Crippen MR) is 73.4 cm³/mol. The van der Waals surface area contributed by atoms with Crippen LogP contribution in [0.1, 0.15) is 21.6 Å². The molecule has 0 fully saturated rings. The number of hydrogen-bond donors (Lipinski definition) is 1. The lowest BCUT2D eigenvalue weighted by Gasteiger charge is -2.04. The molecule has 3 nitrogen and oxygen atoms in total. The first-order valence-corrected chi connectivity index (χ1v) is 6.08. The Morgan fingerprint density at radius 1 is 1.44 bits per heavy atom. The molecule has 0 unspecified atom stereocenters. The number of carboxylic acids is 1. The maximum Gasteiger partial charge on any atom is 0.335 e. The van der Waals surface area contributed by atoms with Gasteiger partial charge in [-0.25, -0.2) is 4.79 Å². The molecular formula is C14H14ClNO2. The molecule has 2 aromatic rings. The third-order valence-corrected chi connectivity index (χ3v) is 3.44. The second-order valence-electron chi connectivity index (χ2n) is 4.22. The number of aromatic nitrogens is 1. The molecule has 1 N–H and O–H groups in total. The second kappa shape index (κ2) is 4.86. The van der Waals surface area contributed by atoms with Crippen LogP contribution in [0, 0.1) is 13.8 Å². The number of allylic oxidation sites excluding steroid dienone is 1.